The Morgan fingerprint density at radius 3 is 2.65 bits per heavy atom. The highest BCUT2D eigenvalue weighted by molar-refractivity contribution is 7.99. The minimum Gasteiger partial charge on any atom is -0.416 e. The summed E-state index contributed by atoms with van der Waals surface area (Å²) in [6.45, 7) is 3.73. The molecule has 1 aromatic carbocycles. The van der Waals surface area contributed by atoms with E-state index in [1.165, 1.54) is 28.7 Å². The van der Waals surface area contributed by atoms with Gasteiger partial charge < -0.3 is 4.42 Å². The van der Waals surface area contributed by atoms with E-state index in [0.29, 0.717) is 16.2 Å². The van der Waals surface area contributed by atoms with Crippen LogP contribution in [-0.4, -0.2) is 32.1 Å². The monoisotopic (exact) mass is 347 g/mol. The van der Waals surface area contributed by atoms with Gasteiger partial charge >= 0.3 is 0 Å². The summed E-state index contributed by atoms with van der Waals surface area (Å²) >= 11 is 2.51. The van der Waals surface area contributed by atoms with E-state index < -0.39 is 0 Å². The van der Waals surface area contributed by atoms with Crippen LogP contribution < -0.4 is 5.32 Å². The van der Waals surface area contributed by atoms with Gasteiger partial charge in [0.05, 0.1) is 5.75 Å². The van der Waals surface area contributed by atoms with E-state index in [-0.39, 0.29) is 11.7 Å². The molecule has 1 amide bonds. The van der Waals surface area contributed by atoms with Crippen molar-refractivity contribution in [1.29, 1.82) is 0 Å². The van der Waals surface area contributed by atoms with E-state index in [1.807, 2.05) is 31.2 Å². The van der Waals surface area contributed by atoms with Gasteiger partial charge in [-0.15, -0.1) is 20.4 Å². The minimum atomic E-state index is -0.197. The number of hydrogen-bond donors (Lipinski definition) is 1. The van der Waals surface area contributed by atoms with Crippen LogP contribution in [0.1, 0.15) is 11.5 Å². The van der Waals surface area contributed by atoms with Crippen LogP contribution in [0.2, 0.25) is 0 Å². The van der Waals surface area contributed by atoms with Crippen LogP contribution in [-0.2, 0) is 4.79 Å². The summed E-state index contributed by atoms with van der Waals surface area (Å²) in [7, 11) is 0. The van der Waals surface area contributed by atoms with Crippen LogP contribution >= 0.6 is 23.1 Å². The molecule has 23 heavy (non-hydrogen) atoms. The molecule has 3 aromatic rings. The first-order valence-corrected chi connectivity index (χ1v) is 8.53. The summed E-state index contributed by atoms with van der Waals surface area (Å²) in [5.41, 5.74) is 2.16. The molecule has 2 heterocycles. The molecule has 0 spiro atoms. The number of nitrogens with zero attached hydrogens (tertiary/aromatic N) is 4. The van der Waals surface area contributed by atoms with Crippen molar-refractivity contribution in [3.05, 3.63) is 35.7 Å². The first-order chi connectivity index (χ1) is 11.1. The summed E-state index contributed by atoms with van der Waals surface area (Å²) in [5.74, 6) is 0.443. The lowest BCUT2D eigenvalue weighted by atomic mass is 10.2. The highest BCUT2D eigenvalue weighted by Crippen LogP contribution is 2.26. The van der Waals surface area contributed by atoms with Crippen LogP contribution in [0, 0.1) is 13.8 Å². The van der Waals surface area contributed by atoms with Crippen molar-refractivity contribution < 1.29 is 9.21 Å². The largest absolute Gasteiger partial charge is 0.416 e. The number of benzene rings is 1. The number of carbonyl (C=O) groups excluding carboxylic acids is 1. The van der Waals surface area contributed by atoms with Gasteiger partial charge in [0.15, 0.2) is 0 Å². The smallest absolute Gasteiger partial charge is 0.277 e. The van der Waals surface area contributed by atoms with Gasteiger partial charge in [0.1, 0.15) is 5.01 Å². The zero-order valence-electron chi connectivity index (χ0n) is 12.4. The Labute approximate surface area is 140 Å². The summed E-state index contributed by atoms with van der Waals surface area (Å²) in [6.07, 6.45) is 0. The predicted molar refractivity (Wildman–Crippen MR) is 88.5 cm³/mol. The van der Waals surface area contributed by atoms with Crippen molar-refractivity contribution in [1.82, 2.24) is 20.4 Å². The second-order valence-electron chi connectivity index (χ2n) is 4.70. The van der Waals surface area contributed by atoms with E-state index in [9.17, 15) is 4.79 Å². The molecule has 0 aliphatic rings. The third kappa shape index (κ3) is 4.14. The molecular weight excluding hydrogens is 334 g/mol. The molecule has 0 bridgehead atoms. The highest BCUT2D eigenvalue weighted by Gasteiger charge is 2.11. The molecule has 0 saturated carbocycles. The lowest BCUT2D eigenvalue weighted by Gasteiger charge is -1.98. The van der Waals surface area contributed by atoms with Crippen LogP contribution in [0.5, 0.6) is 0 Å². The van der Waals surface area contributed by atoms with Gasteiger partial charge in [-0.3, -0.25) is 10.1 Å². The number of rotatable bonds is 5. The minimum absolute atomic E-state index is 0.168. The number of nitrogens with one attached hydrogen (secondary N) is 1. The van der Waals surface area contributed by atoms with E-state index in [1.54, 1.807) is 6.92 Å². The van der Waals surface area contributed by atoms with Gasteiger partial charge in [-0.1, -0.05) is 52.9 Å². The summed E-state index contributed by atoms with van der Waals surface area (Å²) in [6, 6.07) is 7.99. The van der Waals surface area contributed by atoms with E-state index >= 15 is 0 Å². The topological polar surface area (TPSA) is 93.8 Å². The molecule has 0 atom stereocenters. The van der Waals surface area contributed by atoms with Gasteiger partial charge in [0.25, 0.3) is 5.22 Å². The average Bonchev–Trinajstić information content (AvgIpc) is 3.15. The fraction of sp³-hybridized carbons (Fsp3) is 0.214. The Bertz CT molecular complexity index is 813. The van der Waals surface area contributed by atoms with Crippen molar-refractivity contribution >= 4 is 34.1 Å². The first kappa shape index (κ1) is 15.6. The van der Waals surface area contributed by atoms with E-state index in [4.69, 9.17) is 4.42 Å². The predicted octanol–water partition coefficient (Wildman–Crippen LogP) is 2.94. The molecular formula is C14H13N5O2S2. The molecule has 0 unspecified atom stereocenters. The van der Waals surface area contributed by atoms with Crippen molar-refractivity contribution in [2.24, 2.45) is 0 Å². The quantitative estimate of drug-likeness (QED) is 0.709. The number of hydrogen-bond acceptors (Lipinski definition) is 8. The molecule has 118 valence electrons. The fourth-order valence-electron chi connectivity index (χ4n) is 1.71. The number of carbonyl (C=O) groups is 1. The average molecular weight is 347 g/mol. The molecule has 0 aliphatic carbocycles. The van der Waals surface area contributed by atoms with Crippen LogP contribution in [0.15, 0.2) is 33.9 Å². The summed E-state index contributed by atoms with van der Waals surface area (Å²) in [4.78, 5) is 11.9. The number of thioether (sulfide) groups is 1. The Hall–Kier alpha value is -2.26. The first-order valence-electron chi connectivity index (χ1n) is 6.73. The molecule has 0 aliphatic heterocycles. The van der Waals surface area contributed by atoms with Crippen LogP contribution in [0.25, 0.3) is 10.6 Å². The third-order valence-electron chi connectivity index (χ3n) is 2.80. The Morgan fingerprint density at radius 2 is 1.96 bits per heavy atom. The van der Waals surface area contributed by atoms with Crippen molar-refractivity contribution in [3.63, 3.8) is 0 Å². The second-order valence-corrected chi connectivity index (χ2v) is 6.61. The number of aromatic nitrogens is 4. The van der Waals surface area contributed by atoms with Crippen molar-refractivity contribution in [2.75, 3.05) is 11.1 Å². The lowest BCUT2D eigenvalue weighted by Crippen LogP contribution is -2.13. The van der Waals surface area contributed by atoms with Crippen molar-refractivity contribution in [3.8, 4) is 10.6 Å². The maximum Gasteiger partial charge on any atom is 0.277 e. The molecule has 9 heteroatoms. The third-order valence-corrected chi connectivity index (χ3v) is 4.51. The summed E-state index contributed by atoms with van der Waals surface area (Å²) < 4.78 is 5.19. The molecule has 1 N–H and O–H groups in total. The van der Waals surface area contributed by atoms with Gasteiger partial charge in [0, 0.05) is 12.5 Å². The lowest BCUT2D eigenvalue weighted by molar-refractivity contribution is -0.113. The standard InChI is InChI=1S/C14H13N5O2S2/c1-8-3-5-10(6-4-8)12-17-18-13(23-12)15-11(20)7-22-14-19-16-9(2)21-14/h3-6H,7H2,1-2H3,(H,15,18,20). The molecule has 0 radical (unpaired) electrons. The Balaban J connectivity index is 1.58. The second kappa shape index (κ2) is 6.88. The molecule has 2 aromatic heterocycles. The van der Waals surface area contributed by atoms with Crippen LogP contribution in [0.3, 0.4) is 0 Å². The molecule has 7 nitrogen and oxygen atoms in total. The zero-order chi connectivity index (χ0) is 16.2. The summed E-state index contributed by atoms with van der Waals surface area (Å²) in [5, 5.41) is 19.9. The van der Waals surface area contributed by atoms with Gasteiger partial charge in [-0.05, 0) is 6.92 Å². The maximum absolute atomic E-state index is 11.9. The van der Waals surface area contributed by atoms with Crippen molar-refractivity contribution in [2.45, 2.75) is 19.1 Å². The normalized spacial score (nSPS) is 10.7. The molecule has 0 fully saturated rings. The fourth-order valence-corrected chi connectivity index (χ4v) is 3.08. The van der Waals surface area contributed by atoms with E-state index in [0.717, 1.165) is 10.6 Å². The highest BCUT2D eigenvalue weighted by atomic mass is 32.2. The number of aryl methyl sites for hydroxylation is 2. The zero-order valence-corrected chi connectivity index (χ0v) is 14.1. The Kier molecular flexibility index (Phi) is 4.68. The Morgan fingerprint density at radius 1 is 1.17 bits per heavy atom. The van der Waals surface area contributed by atoms with Gasteiger partial charge in [-0.2, -0.15) is 0 Å². The van der Waals surface area contributed by atoms with Crippen LogP contribution in [0.4, 0.5) is 5.13 Å². The molecule has 3 rings (SSSR count). The maximum atomic E-state index is 11.9. The van der Waals surface area contributed by atoms with Gasteiger partial charge in [-0.25, -0.2) is 0 Å². The number of amides is 1. The molecule has 0 saturated heterocycles. The SMILES string of the molecule is Cc1ccc(-c2nnc(NC(=O)CSc3nnc(C)o3)s2)cc1. The van der Waals surface area contributed by atoms with E-state index in [2.05, 4.69) is 25.7 Å². The van der Waals surface area contributed by atoms with Gasteiger partial charge in [0.2, 0.25) is 16.9 Å². The number of anilines is 1.